The van der Waals surface area contributed by atoms with Crippen LogP contribution in [0.15, 0.2) is 64.3 Å². The predicted octanol–water partition coefficient (Wildman–Crippen LogP) is 5.99. The molecule has 0 saturated heterocycles. The average Bonchev–Trinajstić information content (AvgIpc) is 3.45. The fourth-order valence-electron chi connectivity index (χ4n) is 4.74. The molecule has 0 aliphatic heterocycles. The largest absolute Gasteiger partial charge is 0.419 e. The third-order valence-electron chi connectivity index (χ3n) is 7.00. The normalized spacial score (nSPS) is 14.4. The Balaban J connectivity index is 1.63. The maximum absolute atomic E-state index is 14.2. The highest BCUT2D eigenvalue weighted by Gasteiger charge is 2.37. The van der Waals surface area contributed by atoms with E-state index in [4.69, 9.17) is 4.52 Å². The highest BCUT2D eigenvalue weighted by Crippen LogP contribution is 2.41. The summed E-state index contributed by atoms with van der Waals surface area (Å²) >= 11 is 0. The Morgan fingerprint density at radius 3 is 2.42 bits per heavy atom. The Kier molecular flexibility index (Phi) is 6.13. The maximum atomic E-state index is 14.2. The summed E-state index contributed by atoms with van der Waals surface area (Å²) in [4.78, 5) is 12.7. The van der Waals surface area contributed by atoms with E-state index in [2.05, 4.69) is 25.4 Å². The third-order valence-corrected chi connectivity index (χ3v) is 8.66. The van der Waals surface area contributed by atoms with Gasteiger partial charge in [0.15, 0.2) is 5.65 Å². The molecule has 0 atom stereocenters. The first kappa shape index (κ1) is 26.0. The van der Waals surface area contributed by atoms with Crippen molar-refractivity contribution in [2.75, 3.05) is 5.32 Å². The first-order valence-corrected chi connectivity index (χ1v) is 13.9. The summed E-state index contributed by atoms with van der Waals surface area (Å²) in [6.07, 6.45) is -0.187. The zero-order valence-corrected chi connectivity index (χ0v) is 22.2. The summed E-state index contributed by atoms with van der Waals surface area (Å²) in [6, 6.07) is 10.8. The summed E-state index contributed by atoms with van der Waals surface area (Å²) < 4.78 is 76.3. The van der Waals surface area contributed by atoms with Crippen LogP contribution in [-0.2, 0) is 16.2 Å². The van der Waals surface area contributed by atoms with Gasteiger partial charge in [-0.25, -0.2) is 27.3 Å². The summed E-state index contributed by atoms with van der Waals surface area (Å²) in [5.74, 6) is 0.510. The van der Waals surface area contributed by atoms with E-state index in [0.717, 1.165) is 35.6 Å². The van der Waals surface area contributed by atoms with Crippen LogP contribution in [0.3, 0.4) is 0 Å². The monoisotopic (exact) mass is 568 g/mol. The fourth-order valence-corrected chi connectivity index (χ4v) is 6.08. The molecule has 40 heavy (non-hydrogen) atoms. The summed E-state index contributed by atoms with van der Waals surface area (Å²) in [6.45, 7) is 3.41. The molecule has 0 bridgehead atoms. The second-order valence-corrected chi connectivity index (χ2v) is 11.5. The van der Waals surface area contributed by atoms with Crippen LogP contribution in [0.1, 0.15) is 36.3 Å². The molecular weight excluding hydrogens is 545 g/mol. The number of pyridine rings is 1. The van der Waals surface area contributed by atoms with Gasteiger partial charge in [0.2, 0.25) is 5.95 Å². The molecule has 1 fully saturated rings. The van der Waals surface area contributed by atoms with Crippen LogP contribution in [0, 0.1) is 13.8 Å². The smallest absolute Gasteiger partial charge is 0.361 e. The van der Waals surface area contributed by atoms with Crippen molar-refractivity contribution in [3.05, 3.63) is 71.9 Å². The number of nitrogens with zero attached hydrogens (tertiary/aromatic N) is 5. The maximum Gasteiger partial charge on any atom is 0.419 e. The molecule has 5 aromatic rings. The SMILES string of the molecule is Cc1noc(C)c1-c1ccc2c(-c3nc(NC4CCC4)ncc3C(F)(F)F)cn(S(=O)(=O)c3ccccc3)c2n1. The number of benzene rings is 1. The van der Waals surface area contributed by atoms with Crippen molar-refractivity contribution in [3.8, 4) is 22.5 Å². The van der Waals surface area contributed by atoms with Gasteiger partial charge in [0.05, 0.1) is 27.5 Å². The minimum absolute atomic E-state index is 0.0415. The molecule has 1 aliphatic rings. The number of fused-ring (bicyclic) bond motifs is 1. The van der Waals surface area contributed by atoms with Crippen molar-refractivity contribution in [2.45, 2.75) is 50.2 Å². The van der Waals surface area contributed by atoms with Crippen molar-refractivity contribution in [3.63, 3.8) is 0 Å². The molecule has 206 valence electrons. The molecule has 1 N–H and O–H groups in total. The van der Waals surface area contributed by atoms with Gasteiger partial charge in [-0.05, 0) is 57.4 Å². The molecule has 1 aliphatic carbocycles. The molecular formula is C27H23F3N6O3S. The highest BCUT2D eigenvalue weighted by molar-refractivity contribution is 7.90. The number of aromatic nitrogens is 5. The minimum Gasteiger partial charge on any atom is -0.361 e. The van der Waals surface area contributed by atoms with Crippen molar-refractivity contribution < 1.29 is 26.1 Å². The Morgan fingerprint density at radius 1 is 1.05 bits per heavy atom. The number of hydrogen-bond acceptors (Lipinski definition) is 8. The number of aryl methyl sites for hydroxylation is 2. The molecule has 13 heteroatoms. The Bertz CT molecular complexity index is 1830. The second kappa shape index (κ2) is 9.44. The molecule has 0 amide bonds. The van der Waals surface area contributed by atoms with E-state index in [-0.39, 0.29) is 33.5 Å². The van der Waals surface area contributed by atoms with Gasteiger partial charge in [-0.3, -0.25) is 0 Å². The van der Waals surface area contributed by atoms with Crippen LogP contribution in [0.25, 0.3) is 33.5 Å². The van der Waals surface area contributed by atoms with E-state index in [9.17, 15) is 21.6 Å². The van der Waals surface area contributed by atoms with E-state index in [1.165, 1.54) is 18.2 Å². The number of rotatable bonds is 6. The second-order valence-electron chi connectivity index (χ2n) is 9.65. The van der Waals surface area contributed by atoms with Gasteiger partial charge in [-0.15, -0.1) is 0 Å². The molecule has 6 rings (SSSR count). The Hall–Kier alpha value is -4.26. The zero-order valence-electron chi connectivity index (χ0n) is 21.4. The minimum atomic E-state index is -4.79. The van der Waals surface area contributed by atoms with Gasteiger partial charge >= 0.3 is 6.18 Å². The zero-order chi connectivity index (χ0) is 28.2. The van der Waals surface area contributed by atoms with Crippen molar-refractivity contribution in [1.82, 2.24) is 24.1 Å². The molecule has 4 aromatic heterocycles. The van der Waals surface area contributed by atoms with Gasteiger partial charge in [-0.2, -0.15) is 13.2 Å². The lowest BCUT2D eigenvalue weighted by atomic mass is 9.93. The van der Waals surface area contributed by atoms with E-state index in [0.29, 0.717) is 22.7 Å². The molecule has 0 spiro atoms. The standard InChI is InChI=1S/C27H23F3N6O3S/c1-15-23(16(2)39-35-15)22-12-11-19-20(14-36(25(19)33-22)40(37,38)18-9-4-3-5-10-18)24-21(27(28,29)30)13-31-26(34-24)32-17-7-6-8-17/h3-5,9-14,17H,6-8H2,1-2H3,(H,31,32,34). The van der Waals surface area contributed by atoms with Crippen molar-refractivity contribution in [2.24, 2.45) is 0 Å². The fraction of sp³-hybridized carbons (Fsp3) is 0.259. The molecule has 0 radical (unpaired) electrons. The molecule has 9 nitrogen and oxygen atoms in total. The summed E-state index contributed by atoms with van der Waals surface area (Å²) in [5, 5.41) is 7.18. The molecule has 1 aromatic carbocycles. The van der Waals surface area contributed by atoms with Crippen LogP contribution < -0.4 is 5.32 Å². The van der Waals surface area contributed by atoms with Crippen molar-refractivity contribution >= 4 is 27.0 Å². The number of hydrogen-bond donors (Lipinski definition) is 1. The highest BCUT2D eigenvalue weighted by atomic mass is 32.2. The van der Waals surface area contributed by atoms with Gasteiger partial charge < -0.3 is 9.84 Å². The van der Waals surface area contributed by atoms with Crippen LogP contribution in [-0.4, -0.2) is 38.5 Å². The van der Waals surface area contributed by atoms with Gasteiger partial charge in [-0.1, -0.05) is 23.4 Å². The summed E-state index contributed by atoms with van der Waals surface area (Å²) in [7, 11) is -4.26. The average molecular weight is 569 g/mol. The van der Waals surface area contributed by atoms with Gasteiger partial charge in [0.25, 0.3) is 10.0 Å². The molecule has 0 unspecified atom stereocenters. The Labute approximate surface area is 227 Å². The van der Waals surface area contributed by atoms with Crippen LogP contribution >= 0.6 is 0 Å². The van der Waals surface area contributed by atoms with E-state index < -0.39 is 27.5 Å². The van der Waals surface area contributed by atoms with E-state index >= 15 is 0 Å². The third kappa shape index (κ3) is 4.39. The first-order chi connectivity index (χ1) is 19.0. The van der Waals surface area contributed by atoms with E-state index in [1.54, 1.807) is 38.1 Å². The number of halogens is 3. The van der Waals surface area contributed by atoms with Crippen LogP contribution in [0.2, 0.25) is 0 Å². The first-order valence-electron chi connectivity index (χ1n) is 12.5. The quantitative estimate of drug-likeness (QED) is 0.266. The van der Waals surface area contributed by atoms with Gasteiger partial charge in [0.1, 0.15) is 11.3 Å². The van der Waals surface area contributed by atoms with E-state index in [1.807, 2.05) is 0 Å². The lowest BCUT2D eigenvalue weighted by Crippen LogP contribution is -2.28. The molecule has 1 saturated carbocycles. The number of alkyl halides is 3. The summed E-state index contributed by atoms with van der Waals surface area (Å²) in [5.41, 5.74) is -0.158. The van der Waals surface area contributed by atoms with Crippen LogP contribution in [0.4, 0.5) is 19.1 Å². The number of anilines is 1. The predicted molar refractivity (Wildman–Crippen MR) is 141 cm³/mol. The lowest BCUT2D eigenvalue weighted by Gasteiger charge is -2.26. The topological polar surface area (TPSA) is 116 Å². The van der Waals surface area contributed by atoms with Crippen molar-refractivity contribution in [1.29, 1.82) is 0 Å². The van der Waals surface area contributed by atoms with Crippen LogP contribution in [0.5, 0.6) is 0 Å². The molecule has 4 heterocycles. The number of nitrogens with one attached hydrogen (secondary N) is 1. The lowest BCUT2D eigenvalue weighted by molar-refractivity contribution is -0.137. The van der Waals surface area contributed by atoms with Gasteiger partial charge in [0, 0.05) is 29.4 Å². The Morgan fingerprint density at radius 2 is 1.80 bits per heavy atom.